The van der Waals surface area contributed by atoms with E-state index in [0.29, 0.717) is 24.5 Å². The predicted molar refractivity (Wildman–Crippen MR) is 104 cm³/mol. The molecule has 8 heteroatoms. The van der Waals surface area contributed by atoms with E-state index in [1.807, 2.05) is 24.3 Å². The summed E-state index contributed by atoms with van der Waals surface area (Å²) >= 11 is 0. The van der Waals surface area contributed by atoms with Crippen molar-refractivity contribution >= 4 is 17.6 Å². The van der Waals surface area contributed by atoms with Crippen LogP contribution in [0.5, 0.6) is 5.75 Å². The molecule has 0 saturated carbocycles. The molecule has 1 aliphatic heterocycles. The number of anilines is 1. The summed E-state index contributed by atoms with van der Waals surface area (Å²) in [4.78, 5) is 16.1. The minimum Gasteiger partial charge on any atom is -0.434 e. The number of para-hydroxylation sites is 2. The highest BCUT2D eigenvalue weighted by Crippen LogP contribution is 2.31. The number of hydrogen-bond acceptors (Lipinski definition) is 3. The number of fused-ring (bicyclic) bond motifs is 1. The Kier molecular flexibility index (Phi) is 6.41. The highest BCUT2D eigenvalue weighted by atomic mass is 19.3. The summed E-state index contributed by atoms with van der Waals surface area (Å²) in [5.41, 5.74) is 2.49. The number of ether oxygens (including phenoxy) is 1. The SMILES string of the molecule is CN=C(NCc1ccccc1OC(F)F)NCC1CC(=O)Nc2ccccc21. The quantitative estimate of drug-likeness (QED) is 0.525. The summed E-state index contributed by atoms with van der Waals surface area (Å²) in [5.74, 6) is 0.623. The van der Waals surface area contributed by atoms with Gasteiger partial charge in [0, 0.05) is 43.7 Å². The van der Waals surface area contributed by atoms with Gasteiger partial charge in [0.1, 0.15) is 5.75 Å². The van der Waals surface area contributed by atoms with Gasteiger partial charge < -0.3 is 20.7 Å². The molecule has 0 aromatic heterocycles. The molecule has 1 amide bonds. The summed E-state index contributed by atoms with van der Waals surface area (Å²) in [6, 6.07) is 14.3. The third-order valence-electron chi connectivity index (χ3n) is 4.48. The van der Waals surface area contributed by atoms with E-state index >= 15 is 0 Å². The molecule has 3 rings (SSSR count). The van der Waals surface area contributed by atoms with Crippen molar-refractivity contribution in [2.24, 2.45) is 4.99 Å². The van der Waals surface area contributed by atoms with Crippen molar-refractivity contribution in [1.82, 2.24) is 10.6 Å². The van der Waals surface area contributed by atoms with Gasteiger partial charge in [-0.15, -0.1) is 0 Å². The molecule has 1 aliphatic rings. The monoisotopic (exact) mass is 388 g/mol. The Labute approximate surface area is 162 Å². The zero-order valence-electron chi connectivity index (χ0n) is 15.4. The maximum Gasteiger partial charge on any atom is 0.387 e. The number of benzene rings is 2. The molecule has 0 spiro atoms. The molecule has 0 aliphatic carbocycles. The smallest absolute Gasteiger partial charge is 0.387 e. The number of aliphatic imine (C=N–C) groups is 1. The fourth-order valence-corrected chi connectivity index (χ4v) is 3.16. The topological polar surface area (TPSA) is 74.8 Å². The van der Waals surface area contributed by atoms with Crippen LogP contribution in [-0.2, 0) is 11.3 Å². The van der Waals surface area contributed by atoms with Crippen molar-refractivity contribution in [3.8, 4) is 5.75 Å². The first-order valence-electron chi connectivity index (χ1n) is 8.93. The molecule has 0 fully saturated rings. The molecule has 1 heterocycles. The van der Waals surface area contributed by atoms with Gasteiger partial charge in [-0.1, -0.05) is 36.4 Å². The van der Waals surface area contributed by atoms with Gasteiger partial charge in [-0.05, 0) is 17.7 Å². The lowest BCUT2D eigenvalue weighted by Gasteiger charge is -2.26. The zero-order valence-corrected chi connectivity index (χ0v) is 15.4. The molecule has 1 atom stereocenters. The molecular weight excluding hydrogens is 366 g/mol. The van der Waals surface area contributed by atoms with E-state index in [1.165, 1.54) is 6.07 Å². The highest BCUT2D eigenvalue weighted by molar-refractivity contribution is 5.94. The minimum absolute atomic E-state index is 0.0120. The maximum atomic E-state index is 12.5. The first kappa shape index (κ1) is 19.6. The van der Waals surface area contributed by atoms with Gasteiger partial charge in [-0.2, -0.15) is 8.78 Å². The standard InChI is InChI=1S/C20H22F2N4O2/c1-23-20(24-11-13-6-2-5-9-17(13)28-19(21)22)25-12-14-10-18(27)26-16-8-4-3-7-15(14)16/h2-9,14,19H,10-12H2,1H3,(H,26,27)(H2,23,24,25). The number of nitrogens with zero attached hydrogens (tertiary/aromatic N) is 1. The molecule has 2 aromatic carbocycles. The number of hydrogen-bond donors (Lipinski definition) is 3. The fraction of sp³-hybridized carbons (Fsp3) is 0.300. The van der Waals surface area contributed by atoms with Crippen LogP contribution >= 0.6 is 0 Å². The second-order valence-electron chi connectivity index (χ2n) is 6.33. The Morgan fingerprint density at radius 3 is 2.75 bits per heavy atom. The van der Waals surface area contributed by atoms with Gasteiger partial charge in [-0.25, -0.2) is 0 Å². The summed E-state index contributed by atoms with van der Waals surface area (Å²) < 4.78 is 29.6. The Hall–Kier alpha value is -3.16. The lowest BCUT2D eigenvalue weighted by molar-refractivity contribution is -0.116. The minimum atomic E-state index is -2.88. The lowest BCUT2D eigenvalue weighted by Crippen LogP contribution is -2.40. The second kappa shape index (κ2) is 9.16. The first-order chi connectivity index (χ1) is 13.6. The van der Waals surface area contributed by atoms with E-state index in [2.05, 4.69) is 25.7 Å². The number of nitrogens with one attached hydrogen (secondary N) is 3. The summed E-state index contributed by atoms with van der Waals surface area (Å²) in [5, 5.41) is 9.16. The van der Waals surface area contributed by atoms with Crippen LogP contribution in [0.25, 0.3) is 0 Å². The average molecular weight is 388 g/mol. The van der Waals surface area contributed by atoms with E-state index in [9.17, 15) is 13.6 Å². The van der Waals surface area contributed by atoms with Crippen LogP contribution in [-0.4, -0.2) is 32.1 Å². The number of halogens is 2. The summed E-state index contributed by atoms with van der Waals surface area (Å²) in [6.45, 7) is -2.10. The fourth-order valence-electron chi connectivity index (χ4n) is 3.16. The van der Waals surface area contributed by atoms with E-state index in [1.54, 1.807) is 25.2 Å². The van der Waals surface area contributed by atoms with Gasteiger partial charge in [0.2, 0.25) is 5.91 Å². The number of alkyl halides is 2. The van der Waals surface area contributed by atoms with Gasteiger partial charge in [0.05, 0.1) is 0 Å². The first-order valence-corrected chi connectivity index (χ1v) is 8.93. The van der Waals surface area contributed by atoms with Crippen molar-refractivity contribution in [3.63, 3.8) is 0 Å². The maximum absolute atomic E-state index is 12.5. The predicted octanol–water partition coefficient (Wildman–Crippen LogP) is 3.08. The normalized spacial score (nSPS) is 16.4. The Balaban J connectivity index is 1.60. The Morgan fingerprint density at radius 2 is 1.96 bits per heavy atom. The Bertz CT molecular complexity index is 858. The van der Waals surface area contributed by atoms with Crippen molar-refractivity contribution in [3.05, 3.63) is 59.7 Å². The number of carbonyl (C=O) groups excluding carboxylic acids is 1. The van der Waals surface area contributed by atoms with Crippen LogP contribution in [0, 0.1) is 0 Å². The molecular formula is C20H22F2N4O2. The molecule has 0 radical (unpaired) electrons. The number of amides is 1. The van der Waals surface area contributed by atoms with Crippen molar-refractivity contribution in [2.75, 3.05) is 18.9 Å². The van der Waals surface area contributed by atoms with Crippen molar-refractivity contribution in [1.29, 1.82) is 0 Å². The van der Waals surface area contributed by atoms with Crippen LogP contribution < -0.4 is 20.7 Å². The van der Waals surface area contributed by atoms with Crippen LogP contribution in [0.1, 0.15) is 23.5 Å². The lowest BCUT2D eigenvalue weighted by atomic mass is 9.90. The Morgan fingerprint density at radius 1 is 1.21 bits per heavy atom. The molecule has 2 aromatic rings. The molecule has 28 heavy (non-hydrogen) atoms. The third-order valence-corrected chi connectivity index (χ3v) is 4.48. The molecule has 3 N–H and O–H groups in total. The van der Waals surface area contributed by atoms with E-state index in [4.69, 9.17) is 0 Å². The van der Waals surface area contributed by atoms with Crippen LogP contribution in [0.15, 0.2) is 53.5 Å². The molecule has 0 saturated heterocycles. The number of rotatable bonds is 6. The van der Waals surface area contributed by atoms with Crippen LogP contribution in [0.3, 0.4) is 0 Å². The molecule has 6 nitrogen and oxygen atoms in total. The van der Waals surface area contributed by atoms with E-state index < -0.39 is 6.61 Å². The third kappa shape index (κ3) is 4.97. The average Bonchev–Trinajstić information content (AvgIpc) is 2.68. The van der Waals surface area contributed by atoms with Gasteiger partial charge in [-0.3, -0.25) is 9.79 Å². The van der Waals surface area contributed by atoms with Crippen LogP contribution in [0.4, 0.5) is 14.5 Å². The highest BCUT2D eigenvalue weighted by Gasteiger charge is 2.24. The molecule has 1 unspecified atom stereocenters. The van der Waals surface area contributed by atoms with Crippen molar-refractivity contribution in [2.45, 2.75) is 25.5 Å². The van der Waals surface area contributed by atoms with Gasteiger partial charge >= 0.3 is 6.61 Å². The molecule has 148 valence electrons. The molecule has 0 bridgehead atoms. The summed E-state index contributed by atoms with van der Waals surface area (Å²) in [6.07, 6.45) is 0.381. The van der Waals surface area contributed by atoms with Crippen molar-refractivity contribution < 1.29 is 18.3 Å². The largest absolute Gasteiger partial charge is 0.434 e. The van der Waals surface area contributed by atoms with Crippen LogP contribution in [0.2, 0.25) is 0 Å². The van der Waals surface area contributed by atoms with E-state index in [0.717, 1.165) is 11.3 Å². The van der Waals surface area contributed by atoms with Gasteiger partial charge in [0.15, 0.2) is 5.96 Å². The second-order valence-corrected chi connectivity index (χ2v) is 6.33. The zero-order chi connectivity index (χ0) is 19.9. The summed E-state index contributed by atoms with van der Waals surface area (Å²) in [7, 11) is 1.62. The number of carbonyl (C=O) groups is 1. The van der Waals surface area contributed by atoms with Gasteiger partial charge in [0.25, 0.3) is 0 Å². The number of guanidine groups is 1. The van der Waals surface area contributed by atoms with E-state index in [-0.39, 0.29) is 24.1 Å².